The average Bonchev–Trinajstić information content (AvgIpc) is 3.18. The fourth-order valence-electron chi connectivity index (χ4n) is 2.47. The predicted molar refractivity (Wildman–Crippen MR) is 98.7 cm³/mol. The number of alkyl halides is 3. The first kappa shape index (κ1) is 20.6. The lowest BCUT2D eigenvalue weighted by Gasteiger charge is -2.11. The van der Waals surface area contributed by atoms with Crippen LogP contribution in [0.2, 0.25) is 0 Å². The Morgan fingerprint density at radius 1 is 1.07 bits per heavy atom. The number of methoxy groups -OCH3 is 2. The molecule has 29 heavy (non-hydrogen) atoms. The van der Waals surface area contributed by atoms with Gasteiger partial charge in [-0.1, -0.05) is 5.16 Å². The fraction of sp³-hybridized carbons (Fsp3) is 0.222. The summed E-state index contributed by atoms with van der Waals surface area (Å²) in [6, 6.07) is 10.8. The second-order valence-electron chi connectivity index (χ2n) is 5.88. The largest absolute Gasteiger partial charge is 0.497 e. The summed E-state index contributed by atoms with van der Waals surface area (Å²) in [4.78, 5) is 3.71. The molecule has 0 aliphatic heterocycles. The van der Waals surface area contributed by atoms with Gasteiger partial charge in [-0.25, -0.2) is 4.21 Å². The molecular formula is C18H16F3N3O4S. The minimum absolute atomic E-state index is 0.210. The number of benzene rings is 2. The molecule has 1 atom stereocenters. The third kappa shape index (κ3) is 4.50. The number of hydrogen-bond acceptors (Lipinski definition) is 7. The van der Waals surface area contributed by atoms with Crippen LogP contribution in [0.5, 0.6) is 11.5 Å². The molecule has 3 rings (SSSR count). The second-order valence-corrected chi connectivity index (χ2v) is 8.11. The van der Waals surface area contributed by atoms with E-state index in [1.54, 1.807) is 18.2 Å². The van der Waals surface area contributed by atoms with E-state index in [-0.39, 0.29) is 5.82 Å². The molecule has 7 nitrogen and oxygen atoms in total. The molecule has 0 fully saturated rings. The first-order valence-electron chi connectivity index (χ1n) is 8.09. The highest BCUT2D eigenvalue weighted by atomic mass is 32.2. The number of hydrogen-bond donors (Lipinski definition) is 0. The SMILES string of the molecule is COc1ccc(S(C)(=O)=Nc2ccc(-c3noc(C(F)(F)F)n3)cc2)c(OC)c1. The zero-order valence-electron chi connectivity index (χ0n) is 15.6. The lowest BCUT2D eigenvalue weighted by molar-refractivity contribution is -0.159. The molecule has 1 unspecified atom stereocenters. The van der Waals surface area contributed by atoms with Gasteiger partial charge in [0, 0.05) is 17.9 Å². The van der Waals surface area contributed by atoms with Crippen LogP contribution in [-0.4, -0.2) is 34.8 Å². The van der Waals surface area contributed by atoms with Gasteiger partial charge in [0.05, 0.1) is 34.5 Å². The first-order chi connectivity index (χ1) is 13.6. The fourth-order valence-corrected chi connectivity index (χ4v) is 3.92. The molecular weight excluding hydrogens is 411 g/mol. The average molecular weight is 427 g/mol. The van der Waals surface area contributed by atoms with Crippen LogP contribution in [0.1, 0.15) is 5.89 Å². The molecule has 0 saturated heterocycles. The quantitative estimate of drug-likeness (QED) is 0.593. The summed E-state index contributed by atoms with van der Waals surface area (Å²) in [5.74, 6) is -0.727. The summed E-state index contributed by atoms with van der Waals surface area (Å²) in [6.45, 7) is 0. The Morgan fingerprint density at radius 3 is 2.31 bits per heavy atom. The third-order valence-electron chi connectivity index (χ3n) is 3.85. The highest BCUT2D eigenvalue weighted by molar-refractivity contribution is 7.93. The molecule has 0 aliphatic rings. The van der Waals surface area contributed by atoms with Gasteiger partial charge in [-0.05, 0) is 36.4 Å². The number of aromatic nitrogens is 2. The number of rotatable bonds is 5. The third-order valence-corrected chi connectivity index (χ3v) is 5.57. The summed E-state index contributed by atoms with van der Waals surface area (Å²) in [6.07, 6.45) is -3.26. The second kappa shape index (κ2) is 7.74. The van der Waals surface area contributed by atoms with Crippen molar-refractivity contribution in [3.05, 3.63) is 48.4 Å². The van der Waals surface area contributed by atoms with Gasteiger partial charge in [0.1, 0.15) is 11.5 Å². The van der Waals surface area contributed by atoms with Crippen molar-refractivity contribution in [1.29, 1.82) is 0 Å². The van der Waals surface area contributed by atoms with Gasteiger partial charge in [0.15, 0.2) is 0 Å². The van der Waals surface area contributed by atoms with Crippen LogP contribution >= 0.6 is 0 Å². The summed E-state index contributed by atoms with van der Waals surface area (Å²) in [7, 11) is 0.0742. The lowest BCUT2D eigenvalue weighted by Crippen LogP contribution is -2.04. The number of halogens is 3. The Bertz CT molecular complexity index is 1130. The summed E-state index contributed by atoms with van der Waals surface area (Å²) >= 11 is 0. The molecule has 11 heteroatoms. The standard InChI is InChI=1S/C18H16F3N3O4S/c1-26-13-8-9-15(14(10-13)27-2)29(3,25)24-12-6-4-11(5-7-12)16-22-17(28-23-16)18(19,20)21/h4-10H,1-3H3. The highest BCUT2D eigenvalue weighted by Gasteiger charge is 2.38. The van der Waals surface area contributed by atoms with Crippen molar-refractivity contribution in [3.63, 3.8) is 0 Å². The maximum Gasteiger partial charge on any atom is 0.471 e. The van der Waals surface area contributed by atoms with Crippen LogP contribution < -0.4 is 9.47 Å². The van der Waals surface area contributed by atoms with Gasteiger partial charge < -0.3 is 14.0 Å². The van der Waals surface area contributed by atoms with Gasteiger partial charge in [0.25, 0.3) is 0 Å². The molecule has 3 aromatic rings. The van der Waals surface area contributed by atoms with E-state index in [4.69, 9.17) is 9.47 Å². The number of ether oxygens (including phenoxy) is 2. The Hall–Kier alpha value is -3.08. The van der Waals surface area contributed by atoms with Crippen LogP contribution in [0.25, 0.3) is 11.4 Å². The van der Waals surface area contributed by atoms with E-state index in [0.29, 0.717) is 27.6 Å². The van der Waals surface area contributed by atoms with Gasteiger partial charge in [0.2, 0.25) is 5.82 Å². The van der Waals surface area contributed by atoms with Crippen molar-refractivity contribution in [3.8, 4) is 22.9 Å². The Morgan fingerprint density at radius 2 is 1.76 bits per heavy atom. The highest BCUT2D eigenvalue weighted by Crippen LogP contribution is 2.32. The summed E-state index contributed by atoms with van der Waals surface area (Å²) in [5.41, 5.74) is 0.659. The van der Waals surface area contributed by atoms with Crippen LogP contribution in [0.4, 0.5) is 18.9 Å². The molecule has 154 valence electrons. The van der Waals surface area contributed by atoms with E-state index in [0.717, 1.165) is 0 Å². The molecule has 0 aliphatic carbocycles. The molecule has 2 aromatic carbocycles. The first-order valence-corrected chi connectivity index (χ1v) is 10.0. The van der Waals surface area contributed by atoms with Crippen molar-refractivity contribution in [2.24, 2.45) is 4.36 Å². The predicted octanol–water partition coefficient (Wildman–Crippen LogP) is 4.56. The monoisotopic (exact) mass is 427 g/mol. The topological polar surface area (TPSA) is 86.8 Å². The Kier molecular flexibility index (Phi) is 5.51. The smallest absolute Gasteiger partial charge is 0.471 e. The molecule has 1 aromatic heterocycles. The molecule has 0 radical (unpaired) electrons. The van der Waals surface area contributed by atoms with Crippen LogP contribution in [0.3, 0.4) is 0 Å². The van der Waals surface area contributed by atoms with Crippen LogP contribution in [0.15, 0.2) is 56.2 Å². The summed E-state index contributed by atoms with van der Waals surface area (Å²) < 4.78 is 69.8. The Labute approximate surface area is 164 Å². The minimum atomic E-state index is -4.72. The van der Waals surface area contributed by atoms with E-state index in [1.165, 1.54) is 44.7 Å². The maximum atomic E-state index is 13.2. The van der Waals surface area contributed by atoms with E-state index < -0.39 is 21.8 Å². The van der Waals surface area contributed by atoms with Crippen LogP contribution in [0, 0.1) is 0 Å². The van der Waals surface area contributed by atoms with Crippen LogP contribution in [-0.2, 0) is 15.9 Å². The molecule has 0 saturated carbocycles. The van der Waals surface area contributed by atoms with Gasteiger partial charge >= 0.3 is 12.1 Å². The zero-order valence-corrected chi connectivity index (χ0v) is 16.4. The van der Waals surface area contributed by atoms with Gasteiger partial charge in [-0.3, -0.25) is 0 Å². The molecule has 1 heterocycles. The van der Waals surface area contributed by atoms with E-state index in [9.17, 15) is 17.4 Å². The molecule has 0 spiro atoms. The van der Waals surface area contributed by atoms with E-state index in [1.807, 2.05) is 0 Å². The number of nitrogens with zero attached hydrogens (tertiary/aromatic N) is 3. The minimum Gasteiger partial charge on any atom is -0.497 e. The van der Waals surface area contributed by atoms with Crippen molar-refractivity contribution in [2.45, 2.75) is 11.1 Å². The van der Waals surface area contributed by atoms with Crippen molar-refractivity contribution >= 4 is 15.4 Å². The van der Waals surface area contributed by atoms with Gasteiger partial charge in [-0.15, -0.1) is 0 Å². The van der Waals surface area contributed by atoms with E-state index >= 15 is 0 Å². The van der Waals surface area contributed by atoms with Crippen molar-refractivity contribution in [1.82, 2.24) is 10.1 Å². The molecule has 0 bridgehead atoms. The molecule has 0 amide bonds. The maximum absolute atomic E-state index is 13.2. The van der Waals surface area contributed by atoms with E-state index in [2.05, 4.69) is 19.0 Å². The normalized spacial score (nSPS) is 13.6. The van der Waals surface area contributed by atoms with Gasteiger partial charge in [-0.2, -0.15) is 22.5 Å². The molecule has 0 N–H and O–H groups in total. The van der Waals surface area contributed by atoms with Crippen molar-refractivity contribution in [2.75, 3.05) is 20.5 Å². The summed E-state index contributed by atoms with van der Waals surface area (Å²) in [5, 5.41) is 3.32. The lowest BCUT2D eigenvalue weighted by atomic mass is 10.2. The van der Waals surface area contributed by atoms with Crippen molar-refractivity contribution < 1.29 is 31.4 Å². The zero-order chi connectivity index (χ0) is 21.2. The Balaban J connectivity index is 1.93.